The van der Waals surface area contributed by atoms with Gasteiger partial charge in [0, 0.05) is 17.3 Å². The molecule has 0 spiro atoms. The Kier molecular flexibility index (Phi) is 5.32. The third-order valence-corrected chi connectivity index (χ3v) is 2.32. The second kappa shape index (κ2) is 6.62. The topological polar surface area (TPSA) is 0 Å². The highest BCUT2D eigenvalue weighted by molar-refractivity contribution is 9.09. The summed E-state index contributed by atoms with van der Waals surface area (Å²) in [6, 6.07) is 6.27. The number of rotatable bonds is 3. The molecule has 0 N–H and O–H groups in total. The molecule has 74 valence electrons. The Morgan fingerprint density at radius 2 is 1.86 bits per heavy atom. The molecule has 0 radical (unpaired) electrons. The summed E-state index contributed by atoms with van der Waals surface area (Å²) in [7, 11) is 0. The molecule has 0 saturated heterocycles. The van der Waals surface area contributed by atoms with Crippen LogP contribution in [0.25, 0.3) is 0 Å². The monoisotopic (exact) mass is 254 g/mol. The van der Waals surface area contributed by atoms with Crippen molar-refractivity contribution in [3.8, 4) is 11.8 Å². The zero-order valence-electron chi connectivity index (χ0n) is 7.89. The Bertz CT molecular complexity index is 318. The van der Waals surface area contributed by atoms with E-state index in [9.17, 15) is 4.39 Å². The van der Waals surface area contributed by atoms with E-state index in [4.69, 9.17) is 0 Å². The predicted molar refractivity (Wildman–Crippen MR) is 60.9 cm³/mol. The maximum atomic E-state index is 12.5. The van der Waals surface area contributed by atoms with Gasteiger partial charge in [-0.05, 0) is 37.1 Å². The lowest BCUT2D eigenvalue weighted by Gasteiger charge is -1.90. The van der Waals surface area contributed by atoms with Gasteiger partial charge in [0.15, 0.2) is 0 Å². The van der Waals surface area contributed by atoms with Crippen LogP contribution in [-0.4, -0.2) is 5.33 Å². The van der Waals surface area contributed by atoms with Gasteiger partial charge in [-0.2, -0.15) is 0 Å². The second-order valence-electron chi connectivity index (χ2n) is 2.95. The number of alkyl halides is 1. The van der Waals surface area contributed by atoms with Crippen LogP contribution in [0.1, 0.15) is 24.8 Å². The number of halogens is 2. The van der Waals surface area contributed by atoms with E-state index >= 15 is 0 Å². The van der Waals surface area contributed by atoms with Crippen LogP contribution in [0.4, 0.5) is 4.39 Å². The molecule has 0 aromatic heterocycles. The van der Waals surface area contributed by atoms with Gasteiger partial charge < -0.3 is 0 Å². The summed E-state index contributed by atoms with van der Waals surface area (Å²) in [4.78, 5) is 0. The molecule has 0 atom stereocenters. The molecule has 1 aromatic rings. The Labute approximate surface area is 92.7 Å². The second-order valence-corrected chi connectivity index (χ2v) is 3.75. The van der Waals surface area contributed by atoms with Crippen LogP contribution in [0.3, 0.4) is 0 Å². The first-order valence-corrected chi connectivity index (χ1v) is 5.75. The van der Waals surface area contributed by atoms with Gasteiger partial charge in [0.2, 0.25) is 0 Å². The molecule has 0 bridgehead atoms. The molecule has 2 heteroatoms. The van der Waals surface area contributed by atoms with Gasteiger partial charge in [-0.3, -0.25) is 0 Å². The van der Waals surface area contributed by atoms with Crippen molar-refractivity contribution in [1.82, 2.24) is 0 Å². The van der Waals surface area contributed by atoms with E-state index in [0.29, 0.717) is 0 Å². The number of unbranched alkanes of at least 4 members (excludes halogenated alkanes) is 2. The summed E-state index contributed by atoms with van der Waals surface area (Å²) < 4.78 is 12.5. The highest BCUT2D eigenvalue weighted by Gasteiger charge is 1.88. The third-order valence-electron chi connectivity index (χ3n) is 1.76. The normalized spacial score (nSPS) is 9.29. The lowest BCUT2D eigenvalue weighted by Crippen LogP contribution is -1.77. The smallest absolute Gasteiger partial charge is 0.123 e. The van der Waals surface area contributed by atoms with E-state index < -0.39 is 0 Å². The maximum Gasteiger partial charge on any atom is 0.123 e. The lowest BCUT2D eigenvalue weighted by molar-refractivity contribution is 0.627. The molecule has 1 aromatic carbocycles. The van der Waals surface area contributed by atoms with E-state index in [1.165, 1.54) is 12.1 Å². The molecule has 0 amide bonds. The molecule has 0 aliphatic carbocycles. The highest BCUT2D eigenvalue weighted by atomic mass is 79.9. The molecule has 0 heterocycles. The van der Waals surface area contributed by atoms with Gasteiger partial charge >= 0.3 is 0 Å². The van der Waals surface area contributed by atoms with Crippen molar-refractivity contribution in [3.63, 3.8) is 0 Å². The fourth-order valence-corrected chi connectivity index (χ4v) is 1.40. The van der Waals surface area contributed by atoms with Gasteiger partial charge in [-0.25, -0.2) is 4.39 Å². The molecule has 0 saturated carbocycles. The van der Waals surface area contributed by atoms with Crippen molar-refractivity contribution < 1.29 is 4.39 Å². The first-order valence-electron chi connectivity index (χ1n) is 4.63. The molecule has 0 nitrogen and oxygen atoms in total. The minimum absolute atomic E-state index is 0.213. The minimum Gasteiger partial charge on any atom is -0.207 e. The van der Waals surface area contributed by atoms with Gasteiger partial charge in [-0.1, -0.05) is 27.8 Å². The van der Waals surface area contributed by atoms with E-state index in [0.717, 1.165) is 30.2 Å². The van der Waals surface area contributed by atoms with Crippen LogP contribution in [0.5, 0.6) is 0 Å². The summed E-state index contributed by atoms with van der Waals surface area (Å²) in [6.07, 6.45) is 3.17. The summed E-state index contributed by atoms with van der Waals surface area (Å²) >= 11 is 3.36. The molecule has 0 unspecified atom stereocenters. The largest absolute Gasteiger partial charge is 0.207 e. The molecule has 0 fully saturated rings. The molecular weight excluding hydrogens is 243 g/mol. The van der Waals surface area contributed by atoms with Crippen molar-refractivity contribution in [2.45, 2.75) is 19.3 Å². The number of hydrogen-bond donors (Lipinski definition) is 0. The Morgan fingerprint density at radius 1 is 1.14 bits per heavy atom. The Morgan fingerprint density at radius 3 is 2.50 bits per heavy atom. The van der Waals surface area contributed by atoms with Gasteiger partial charge in [-0.15, -0.1) is 0 Å². The van der Waals surface area contributed by atoms with Crippen LogP contribution in [-0.2, 0) is 0 Å². The Balaban J connectivity index is 2.39. The van der Waals surface area contributed by atoms with E-state index in [1.807, 2.05) is 0 Å². The SMILES string of the molecule is Fc1ccc(C#CCCCCBr)cc1. The zero-order valence-corrected chi connectivity index (χ0v) is 9.48. The zero-order chi connectivity index (χ0) is 10.2. The van der Waals surface area contributed by atoms with Gasteiger partial charge in [0.05, 0.1) is 0 Å². The predicted octanol–water partition coefficient (Wildman–Crippen LogP) is 3.74. The molecule has 14 heavy (non-hydrogen) atoms. The summed E-state index contributed by atoms with van der Waals surface area (Å²) in [6.45, 7) is 0. The highest BCUT2D eigenvalue weighted by Crippen LogP contribution is 2.01. The molecule has 1 rings (SSSR count). The average Bonchev–Trinajstić information content (AvgIpc) is 2.21. The summed E-state index contributed by atoms with van der Waals surface area (Å²) in [5.74, 6) is 5.85. The fourth-order valence-electron chi connectivity index (χ4n) is 1.01. The molecule has 0 aliphatic rings. The van der Waals surface area contributed by atoms with Crippen molar-refractivity contribution in [2.24, 2.45) is 0 Å². The van der Waals surface area contributed by atoms with Crippen LogP contribution in [0.2, 0.25) is 0 Å². The first kappa shape index (κ1) is 11.3. The first-order chi connectivity index (χ1) is 6.83. The van der Waals surface area contributed by atoms with E-state index in [1.54, 1.807) is 12.1 Å². The quantitative estimate of drug-likeness (QED) is 0.438. The van der Waals surface area contributed by atoms with Crippen molar-refractivity contribution in [1.29, 1.82) is 0 Å². The van der Waals surface area contributed by atoms with Crippen molar-refractivity contribution >= 4 is 15.9 Å². The molecular formula is C12H12BrF. The van der Waals surface area contributed by atoms with Crippen LogP contribution in [0, 0.1) is 17.7 Å². The summed E-state index contributed by atoms with van der Waals surface area (Å²) in [5, 5.41) is 1.03. The van der Waals surface area contributed by atoms with Crippen molar-refractivity contribution in [2.75, 3.05) is 5.33 Å². The summed E-state index contributed by atoms with van der Waals surface area (Å²) in [5.41, 5.74) is 0.880. The van der Waals surface area contributed by atoms with Gasteiger partial charge in [0.1, 0.15) is 5.82 Å². The van der Waals surface area contributed by atoms with Crippen LogP contribution < -0.4 is 0 Å². The maximum absolute atomic E-state index is 12.5. The minimum atomic E-state index is -0.213. The number of benzene rings is 1. The van der Waals surface area contributed by atoms with Crippen LogP contribution in [0.15, 0.2) is 24.3 Å². The van der Waals surface area contributed by atoms with Gasteiger partial charge in [0.25, 0.3) is 0 Å². The lowest BCUT2D eigenvalue weighted by atomic mass is 10.2. The number of hydrogen-bond acceptors (Lipinski definition) is 0. The van der Waals surface area contributed by atoms with E-state index in [-0.39, 0.29) is 5.82 Å². The third kappa shape index (κ3) is 4.43. The standard InChI is InChI=1S/C12H12BrF/c13-10-4-2-1-3-5-11-6-8-12(14)9-7-11/h6-9H,1-2,4,10H2. The van der Waals surface area contributed by atoms with E-state index in [2.05, 4.69) is 27.8 Å². The average molecular weight is 255 g/mol. The fraction of sp³-hybridized carbons (Fsp3) is 0.333. The van der Waals surface area contributed by atoms with Crippen LogP contribution >= 0.6 is 15.9 Å². The van der Waals surface area contributed by atoms with Crippen molar-refractivity contribution in [3.05, 3.63) is 35.6 Å². The Hall–Kier alpha value is -0.810. The molecule has 0 aliphatic heterocycles.